The summed E-state index contributed by atoms with van der Waals surface area (Å²) in [5, 5.41) is 8.69. The molecule has 0 bridgehead atoms. The van der Waals surface area contributed by atoms with Gasteiger partial charge in [0.1, 0.15) is 0 Å². The van der Waals surface area contributed by atoms with Crippen LogP contribution in [-0.4, -0.2) is 23.3 Å². The predicted molar refractivity (Wildman–Crippen MR) is 62.5 cm³/mol. The zero-order valence-corrected chi connectivity index (χ0v) is 9.80. The molecule has 0 N–H and O–H groups in total. The number of aromatic nitrogens is 2. The fourth-order valence-corrected chi connectivity index (χ4v) is 2.16. The molecule has 1 fully saturated rings. The summed E-state index contributed by atoms with van der Waals surface area (Å²) in [6.45, 7) is 4.28. The molecule has 0 amide bonds. The molecule has 4 heteroatoms. The monoisotopic (exact) mass is 225 g/mol. The standard InChI is InChI=1S/C11H16ClN3/c1-2-9-8-10(13-14-11(9)12)15-6-4-3-5-7-15/h8H,2-7H2,1H3. The Labute approximate surface area is 95.5 Å². The highest BCUT2D eigenvalue weighted by atomic mass is 35.5. The molecule has 0 saturated carbocycles. The lowest BCUT2D eigenvalue weighted by atomic mass is 10.1. The summed E-state index contributed by atoms with van der Waals surface area (Å²) >= 11 is 5.94. The minimum absolute atomic E-state index is 0.540. The van der Waals surface area contributed by atoms with Gasteiger partial charge in [0.2, 0.25) is 0 Å². The van der Waals surface area contributed by atoms with Gasteiger partial charge in [-0.05, 0) is 37.3 Å². The second-order valence-electron chi connectivity index (χ2n) is 3.92. The van der Waals surface area contributed by atoms with Crippen LogP contribution in [-0.2, 0) is 6.42 Å². The SMILES string of the molecule is CCc1cc(N2CCCCC2)nnc1Cl. The van der Waals surface area contributed by atoms with E-state index in [9.17, 15) is 0 Å². The lowest BCUT2D eigenvalue weighted by Gasteiger charge is -2.27. The molecule has 1 saturated heterocycles. The second-order valence-corrected chi connectivity index (χ2v) is 4.28. The Morgan fingerprint density at radius 3 is 2.67 bits per heavy atom. The highest BCUT2D eigenvalue weighted by Gasteiger charge is 2.13. The van der Waals surface area contributed by atoms with Crippen molar-refractivity contribution < 1.29 is 0 Å². The quantitative estimate of drug-likeness (QED) is 0.775. The van der Waals surface area contributed by atoms with Gasteiger partial charge in [0.05, 0.1) is 0 Å². The van der Waals surface area contributed by atoms with Gasteiger partial charge in [-0.15, -0.1) is 10.2 Å². The van der Waals surface area contributed by atoms with Crippen LogP contribution in [0.3, 0.4) is 0 Å². The van der Waals surface area contributed by atoms with Crippen LogP contribution in [0.15, 0.2) is 6.07 Å². The number of rotatable bonds is 2. The van der Waals surface area contributed by atoms with Gasteiger partial charge in [-0.1, -0.05) is 18.5 Å². The van der Waals surface area contributed by atoms with E-state index in [0.29, 0.717) is 5.15 Å². The molecule has 0 spiro atoms. The van der Waals surface area contributed by atoms with Crippen LogP contribution in [0.1, 0.15) is 31.7 Å². The fraction of sp³-hybridized carbons (Fsp3) is 0.636. The van der Waals surface area contributed by atoms with E-state index in [4.69, 9.17) is 11.6 Å². The van der Waals surface area contributed by atoms with Crippen LogP contribution in [0.2, 0.25) is 5.15 Å². The van der Waals surface area contributed by atoms with Gasteiger partial charge in [0, 0.05) is 13.1 Å². The zero-order valence-electron chi connectivity index (χ0n) is 9.04. The van der Waals surface area contributed by atoms with E-state index < -0.39 is 0 Å². The Balaban J connectivity index is 2.20. The third kappa shape index (κ3) is 2.40. The normalized spacial score (nSPS) is 16.8. The maximum atomic E-state index is 5.94. The summed E-state index contributed by atoms with van der Waals surface area (Å²) < 4.78 is 0. The summed E-state index contributed by atoms with van der Waals surface area (Å²) in [5.74, 6) is 0.982. The smallest absolute Gasteiger partial charge is 0.155 e. The van der Waals surface area contributed by atoms with Crippen molar-refractivity contribution in [2.75, 3.05) is 18.0 Å². The van der Waals surface area contributed by atoms with E-state index in [1.54, 1.807) is 0 Å². The van der Waals surface area contributed by atoms with E-state index in [1.807, 2.05) is 0 Å². The maximum absolute atomic E-state index is 5.94. The van der Waals surface area contributed by atoms with Gasteiger partial charge in [-0.2, -0.15) is 0 Å². The number of nitrogens with zero attached hydrogens (tertiary/aromatic N) is 3. The van der Waals surface area contributed by atoms with Crippen LogP contribution in [0.4, 0.5) is 5.82 Å². The van der Waals surface area contributed by atoms with Gasteiger partial charge in [-0.25, -0.2) is 0 Å². The van der Waals surface area contributed by atoms with Crippen LogP contribution in [0.25, 0.3) is 0 Å². The van der Waals surface area contributed by atoms with Crippen molar-refractivity contribution in [2.24, 2.45) is 0 Å². The molecule has 0 radical (unpaired) electrons. The zero-order chi connectivity index (χ0) is 10.7. The van der Waals surface area contributed by atoms with Crippen LogP contribution in [0, 0.1) is 0 Å². The molecule has 0 aromatic carbocycles. The van der Waals surface area contributed by atoms with Gasteiger partial charge in [0.25, 0.3) is 0 Å². The number of aryl methyl sites for hydroxylation is 1. The van der Waals surface area contributed by atoms with Crippen LogP contribution in [0.5, 0.6) is 0 Å². The number of anilines is 1. The number of hydrogen-bond donors (Lipinski definition) is 0. The van der Waals surface area contributed by atoms with Crippen molar-refractivity contribution in [3.63, 3.8) is 0 Å². The van der Waals surface area contributed by atoms with Gasteiger partial charge in [-0.3, -0.25) is 0 Å². The lowest BCUT2D eigenvalue weighted by Crippen LogP contribution is -2.30. The van der Waals surface area contributed by atoms with E-state index in [0.717, 1.165) is 30.9 Å². The predicted octanol–water partition coefficient (Wildman–Crippen LogP) is 2.68. The molecule has 1 aliphatic heterocycles. The molecule has 1 aliphatic rings. The summed E-state index contributed by atoms with van der Waals surface area (Å²) in [4.78, 5) is 2.30. The highest BCUT2D eigenvalue weighted by molar-refractivity contribution is 6.30. The Hall–Kier alpha value is -0.830. The van der Waals surface area contributed by atoms with Gasteiger partial charge >= 0.3 is 0 Å². The first-order valence-electron chi connectivity index (χ1n) is 5.58. The second kappa shape index (κ2) is 4.79. The Bertz CT molecular complexity index is 335. The van der Waals surface area contributed by atoms with Crippen molar-refractivity contribution in [1.29, 1.82) is 0 Å². The third-order valence-electron chi connectivity index (χ3n) is 2.87. The minimum atomic E-state index is 0.540. The van der Waals surface area contributed by atoms with Gasteiger partial charge < -0.3 is 4.90 Å². The van der Waals surface area contributed by atoms with Crippen LogP contribution < -0.4 is 4.90 Å². The van der Waals surface area contributed by atoms with E-state index in [2.05, 4.69) is 28.1 Å². The van der Waals surface area contributed by atoms with Crippen molar-refractivity contribution in [3.8, 4) is 0 Å². The maximum Gasteiger partial charge on any atom is 0.155 e. The molecule has 0 unspecified atom stereocenters. The van der Waals surface area contributed by atoms with Crippen molar-refractivity contribution >= 4 is 17.4 Å². The molecule has 15 heavy (non-hydrogen) atoms. The summed E-state index contributed by atoms with van der Waals surface area (Å²) in [5.41, 5.74) is 1.09. The molecule has 0 atom stereocenters. The topological polar surface area (TPSA) is 29.0 Å². The molecule has 2 rings (SSSR count). The largest absolute Gasteiger partial charge is 0.355 e. The van der Waals surface area contributed by atoms with Gasteiger partial charge in [0.15, 0.2) is 11.0 Å². The fourth-order valence-electron chi connectivity index (χ4n) is 1.93. The number of halogens is 1. The summed E-state index contributed by atoms with van der Waals surface area (Å²) in [7, 11) is 0. The summed E-state index contributed by atoms with van der Waals surface area (Å²) in [6, 6.07) is 2.07. The van der Waals surface area contributed by atoms with E-state index in [1.165, 1.54) is 19.3 Å². The number of piperidine rings is 1. The molecule has 2 heterocycles. The van der Waals surface area contributed by atoms with Crippen molar-refractivity contribution in [2.45, 2.75) is 32.6 Å². The van der Waals surface area contributed by atoms with Crippen molar-refractivity contribution in [3.05, 3.63) is 16.8 Å². The lowest BCUT2D eigenvalue weighted by molar-refractivity contribution is 0.571. The molecular weight excluding hydrogens is 210 g/mol. The Kier molecular flexibility index (Phi) is 3.41. The minimum Gasteiger partial charge on any atom is -0.355 e. The third-order valence-corrected chi connectivity index (χ3v) is 3.19. The highest BCUT2D eigenvalue weighted by Crippen LogP contribution is 2.21. The molecular formula is C11H16ClN3. The first kappa shape index (κ1) is 10.7. The molecule has 1 aromatic rings. The molecule has 3 nitrogen and oxygen atoms in total. The average Bonchev–Trinajstić information content (AvgIpc) is 2.31. The van der Waals surface area contributed by atoms with E-state index in [-0.39, 0.29) is 0 Å². The Morgan fingerprint density at radius 2 is 2.00 bits per heavy atom. The van der Waals surface area contributed by atoms with Crippen molar-refractivity contribution in [1.82, 2.24) is 10.2 Å². The average molecular weight is 226 g/mol. The summed E-state index contributed by atoms with van der Waals surface area (Å²) in [6.07, 6.45) is 4.75. The number of hydrogen-bond acceptors (Lipinski definition) is 3. The molecule has 0 aliphatic carbocycles. The first-order chi connectivity index (χ1) is 7.31. The molecule has 1 aromatic heterocycles. The molecule has 82 valence electrons. The Morgan fingerprint density at radius 1 is 1.27 bits per heavy atom. The van der Waals surface area contributed by atoms with E-state index >= 15 is 0 Å². The first-order valence-corrected chi connectivity index (χ1v) is 5.96. The van der Waals surface area contributed by atoms with Crippen LogP contribution >= 0.6 is 11.6 Å².